The number of hydrogen-bond donors (Lipinski definition) is 2. The summed E-state index contributed by atoms with van der Waals surface area (Å²) in [6.45, 7) is 3.07. The van der Waals surface area contributed by atoms with Gasteiger partial charge < -0.3 is 15.3 Å². The van der Waals surface area contributed by atoms with Crippen molar-refractivity contribution in [3.8, 4) is 0 Å². The van der Waals surface area contributed by atoms with Crippen molar-refractivity contribution in [1.82, 2.24) is 25.3 Å². The van der Waals surface area contributed by atoms with Crippen molar-refractivity contribution in [3.63, 3.8) is 0 Å². The summed E-state index contributed by atoms with van der Waals surface area (Å²) in [5.41, 5.74) is 0.00835. The van der Waals surface area contributed by atoms with Gasteiger partial charge in [-0.25, -0.2) is 19.9 Å². The average molecular weight is 328 g/mol. The standard InChI is InChI=1S/C16H20N6O2/c1-12-13(8-17-11-21-12)14(23)20-9-16(24)4-2-7-22(10-16)15-18-5-3-6-19-15/h3,5-6,8,11,24H,2,4,7,9-10H2,1H3,(H,20,23). The van der Waals surface area contributed by atoms with Crippen molar-refractivity contribution in [2.45, 2.75) is 25.4 Å². The quantitative estimate of drug-likeness (QED) is 0.834. The van der Waals surface area contributed by atoms with Crippen molar-refractivity contribution in [2.24, 2.45) is 0 Å². The smallest absolute Gasteiger partial charge is 0.254 e. The predicted octanol–water partition coefficient (Wildman–Crippen LogP) is 0.336. The summed E-state index contributed by atoms with van der Waals surface area (Å²) in [5.74, 6) is 0.309. The third-order valence-electron chi connectivity index (χ3n) is 4.12. The Morgan fingerprint density at radius 1 is 1.38 bits per heavy atom. The van der Waals surface area contributed by atoms with Gasteiger partial charge >= 0.3 is 0 Å². The molecule has 0 saturated carbocycles. The summed E-state index contributed by atoms with van der Waals surface area (Å²) in [7, 11) is 0. The lowest BCUT2D eigenvalue weighted by Gasteiger charge is -2.39. The van der Waals surface area contributed by atoms with Gasteiger partial charge in [-0.2, -0.15) is 0 Å². The largest absolute Gasteiger partial charge is 0.386 e. The number of carbonyl (C=O) groups excluding carboxylic acids is 1. The number of β-amino-alcohol motifs (C(OH)–C–C–N with tert-alkyl or cyclic N) is 1. The maximum absolute atomic E-state index is 12.3. The highest BCUT2D eigenvalue weighted by Gasteiger charge is 2.34. The van der Waals surface area contributed by atoms with E-state index in [9.17, 15) is 9.90 Å². The molecule has 1 unspecified atom stereocenters. The number of aromatic nitrogens is 4. The Morgan fingerprint density at radius 3 is 2.92 bits per heavy atom. The fourth-order valence-corrected chi connectivity index (χ4v) is 2.84. The first-order valence-electron chi connectivity index (χ1n) is 7.87. The number of nitrogens with zero attached hydrogens (tertiary/aromatic N) is 5. The number of hydrogen-bond acceptors (Lipinski definition) is 7. The molecule has 1 atom stereocenters. The lowest BCUT2D eigenvalue weighted by atomic mass is 9.93. The van der Waals surface area contributed by atoms with Crippen LogP contribution in [0.2, 0.25) is 0 Å². The Bertz CT molecular complexity index is 711. The number of amides is 1. The van der Waals surface area contributed by atoms with E-state index in [1.807, 2.05) is 4.90 Å². The van der Waals surface area contributed by atoms with E-state index in [1.54, 1.807) is 25.4 Å². The Balaban J connectivity index is 1.64. The van der Waals surface area contributed by atoms with Gasteiger partial charge in [-0.1, -0.05) is 0 Å². The van der Waals surface area contributed by atoms with Crippen LogP contribution < -0.4 is 10.2 Å². The zero-order valence-electron chi connectivity index (χ0n) is 13.5. The molecule has 1 aliphatic rings. The molecule has 2 aromatic rings. The Kier molecular flexibility index (Phi) is 4.66. The summed E-state index contributed by atoms with van der Waals surface area (Å²) in [5, 5.41) is 13.6. The molecule has 0 radical (unpaired) electrons. The van der Waals surface area contributed by atoms with Gasteiger partial charge in [-0.05, 0) is 25.8 Å². The number of carbonyl (C=O) groups is 1. The zero-order valence-corrected chi connectivity index (χ0v) is 13.5. The molecule has 1 aliphatic heterocycles. The van der Waals surface area contributed by atoms with Crippen LogP contribution in [0, 0.1) is 6.92 Å². The maximum Gasteiger partial charge on any atom is 0.254 e. The number of aliphatic hydroxyl groups is 1. The second-order valence-electron chi connectivity index (χ2n) is 6.00. The summed E-state index contributed by atoms with van der Waals surface area (Å²) < 4.78 is 0. The lowest BCUT2D eigenvalue weighted by molar-refractivity contribution is 0.0252. The number of piperidine rings is 1. The molecule has 8 heteroatoms. The molecule has 8 nitrogen and oxygen atoms in total. The first-order valence-corrected chi connectivity index (χ1v) is 7.87. The second-order valence-corrected chi connectivity index (χ2v) is 6.00. The van der Waals surface area contributed by atoms with Gasteiger partial charge in [0.2, 0.25) is 5.95 Å². The summed E-state index contributed by atoms with van der Waals surface area (Å²) in [6.07, 6.45) is 7.65. The van der Waals surface area contributed by atoms with Crippen LogP contribution in [0.3, 0.4) is 0 Å². The monoisotopic (exact) mass is 328 g/mol. The van der Waals surface area contributed by atoms with Crippen LogP contribution in [0.15, 0.2) is 31.0 Å². The van der Waals surface area contributed by atoms with Crippen molar-refractivity contribution in [3.05, 3.63) is 42.2 Å². The molecule has 1 amide bonds. The van der Waals surface area contributed by atoms with Gasteiger partial charge in [0.25, 0.3) is 5.91 Å². The molecule has 2 N–H and O–H groups in total. The van der Waals surface area contributed by atoms with Gasteiger partial charge in [0.15, 0.2) is 0 Å². The molecule has 3 heterocycles. The second kappa shape index (κ2) is 6.88. The highest BCUT2D eigenvalue weighted by Crippen LogP contribution is 2.23. The van der Waals surface area contributed by atoms with Crippen LogP contribution in [0.1, 0.15) is 28.9 Å². The molecular formula is C16H20N6O2. The van der Waals surface area contributed by atoms with E-state index >= 15 is 0 Å². The minimum absolute atomic E-state index is 0.156. The summed E-state index contributed by atoms with van der Waals surface area (Å²) >= 11 is 0. The molecule has 1 saturated heterocycles. The minimum atomic E-state index is -1.02. The third-order valence-corrected chi connectivity index (χ3v) is 4.12. The molecule has 0 aliphatic carbocycles. The van der Waals surface area contributed by atoms with Crippen molar-refractivity contribution < 1.29 is 9.90 Å². The van der Waals surface area contributed by atoms with Crippen LogP contribution in [0.5, 0.6) is 0 Å². The van der Waals surface area contributed by atoms with Gasteiger partial charge in [0, 0.05) is 31.7 Å². The number of anilines is 1. The van der Waals surface area contributed by atoms with E-state index in [1.165, 1.54) is 12.5 Å². The van der Waals surface area contributed by atoms with Crippen molar-refractivity contribution in [2.75, 3.05) is 24.5 Å². The first kappa shape index (κ1) is 16.3. The minimum Gasteiger partial charge on any atom is -0.386 e. The van der Waals surface area contributed by atoms with E-state index in [-0.39, 0.29) is 12.5 Å². The Labute approximate surface area is 140 Å². The van der Waals surface area contributed by atoms with Gasteiger partial charge in [0.1, 0.15) is 6.33 Å². The van der Waals surface area contributed by atoms with E-state index < -0.39 is 5.60 Å². The molecular weight excluding hydrogens is 308 g/mol. The topological polar surface area (TPSA) is 104 Å². The molecule has 0 spiro atoms. The van der Waals surface area contributed by atoms with Crippen LogP contribution >= 0.6 is 0 Å². The average Bonchev–Trinajstić information content (AvgIpc) is 2.61. The Hall–Kier alpha value is -2.61. The van der Waals surface area contributed by atoms with Crippen LogP contribution in [0.25, 0.3) is 0 Å². The number of aryl methyl sites for hydroxylation is 1. The molecule has 0 bridgehead atoms. The molecule has 24 heavy (non-hydrogen) atoms. The molecule has 1 fully saturated rings. The highest BCUT2D eigenvalue weighted by molar-refractivity contribution is 5.94. The zero-order chi connectivity index (χ0) is 17.0. The SMILES string of the molecule is Cc1ncncc1C(=O)NCC1(O)CCCN(c2ncccn2)C1. The fraction of sp³-hybridized carbons (Fsp3) is 0.438. The molecule has 3 rings (SSSR count). The lowest BCUT2D eigenvalue weighted by Crippen LogP contribution is -2.54. The van der Waals surface area contributed by atoms with Gasteiger partial charge in [0.05, 0.1) is 23.4 Å². The van der Waals surface area contributed by atoms with E-state index in [4.69, 9.17) is 0 Å². The fourth-order valence-electron chi connectivity index (χ4n) is 2.84. The van der Waals surface area contributed by atoms with Crippen molar-refractivity contribution in [1.29, 1.82) is 0 Å². The predicted molar refractivity (Wildman–Crippen MR) is 87.5 cm³/mol. The third kappa shape index (κ3) is 3.65. The van der Waals surface area contributed by atoms with Crippen molar-refractivity contribution >= 4 is 11.9 Å². The molecule has 0 aromatic carbocycles. The maximum atomic E-state index is 12.3. The van der Waals surface area contributed by atoms with E-state index in [2.05, 4.69) is 25.3 Å². The Morgan fingerprint density at radius 2 is 2.17 bits per heavy atom. The molecule has 2 aromatic heterocycles. The normalized spacial score (nSPS) is 20.7. The number of rotatable bonds is 4. The van der Waals surface area contributed by atoms with Crippen LogP contribution in [-0.4, -0.2) is 56.2 Å². The summed E-state index contributed by atoms with van der Waals surface area (Å²) in [6, 6.07) is 1.75. The molecule has 126 valence electrons. The van der Waals surface area contributed by atoms with Crippen LogP contribution in [-0.2, 0) is 0 Å². The van der Waals surface area contributed by atoms with Gasteiger partial charge in [-0.15, -0.1) is 0 Å². The van der Waals surface area contributed by atoms with E-state index in [0.717, 1.165) is 13.0 Å². The van der Waals surface area contributed by atoms with E-state index in [0.29, 0.717) is 30.2 Å². The first-order chi connectivity index (χ1) is 11.6. The summed E-state index contributed by atoms with van der Waals surface area (Å²) in [4.78, 5) is 30.5. The van der Waals surface area contributed by atoms with Crippen LogP contribution in [0.4, 0.5) is 5.95 Å². The highest BCUT2D eigenvalue weighted by atomic mass is 16.3. The number of nitrogens with one attached hydrogen (secondary N) is 1. The van der Waals surface area contributed by atoms with Gasteiger partial charge in [-0.3, -0.25) is 4.79 Å².